The van der Waals surface area contributed by atoms with E-state index in [2.05, 4.69) is 26.0 Å². The number of esters is 1. The van der Waals surface area contributed by atoms with Gasteiger partial charge in [0, 0.05) is 12.8 Å². The van der Waals surface area contributed by atoms with Gasteiger partial charge >= 0.3 is 55.6 Å². The highest BCUT2D eigenvalue weighted by molar-refractivity contribution is 7.52. The lowest BCUT2D eigenvalue weighted by molar-refractivity contribution is -0.440. The Bertz CT molecular complexity index is 2430. The molecule has 28 heteroatoms. The molecule has 2 aromatic carbocycles. The zero-order valence-electron chi connectivity index (χ0n) is 34.0. The Morgan fingerprint density at radius 1 is 0.910 bits per heavy atom. The van der Waals surface area contributed by atoms with Crippen molar-refractivity contribution in [1.82, 2.24) is 24.6 Å². The molecule has 3 heterocycles. The van der Waals surface area contributed by atoms with Crippen LogP contribution in [-0.4, -0.2) is 97.3 Å². The number of carbonyl (C=O) groups is 1. The van der Waals surface area contributed by atoms with E-state index in [4.69, 9.17) is 30.7 Å². The number of halogens is 14. The van der Waals surface area contributed by atoms with Crippen LogP contribution in [0.5, 0.6) is 5.75 Å². The molecule has 5 atom stereocenters. The number of nitrogen functional groups attached to an aromatic ring is 1. The van der Waals surface area contributed by atoms with Crippen LogP contribution in [0, 0.1) is 18.4 Å². The number of nitrogens with two attached hydrogens (primary N) is 1. The number of rotatable bonds is 22. The van der Waals surface area contributed by atoms with E-state index < -0.39 is 112 Å². The number of hydrogen-bond acceptors (Lipinski definition) is 11. The van der Waals surface area contributed by atoms with Crippen LogP contribution in [0.3, 0.4) is 0 Å². The van der Waals surface area contributed by atoms with Gasteiger partial charge in [-0.1, -0.05) is 67.3 Å². The smallest absolute Gasteiger partial charge is 0.460 e. The Kier molecular flexibility index (Phi) is 15.5. The number of alkyl halides is 13. The Labute approximate surface area is 369 Å². The molecule has 13 nitrogen and oxygen atoms in total. The highest BCUT2D eigenvalue weighted by Gasteiger charge is 2.90. The average Bonchev–Trinajstić information content (AvgIpc) is 3.83. The third kappa shape index (κ3) is 10.9. The molecule has 4 N–H and O–H groups in total. The van der Waals surface area contributed by atoms with Crippen molar-refractivity contribution in [1.29, 1.82) is 0 Å². The van der Waals surface area contributed by atoms with Crippen LogP contribution in [0.25, 0.3) is 11.2 Å². The summed E-state index contributed by atoms with van der Waals surface area (Å²) in [5.41, 5.74) is 3.96. The van der Waals surface area contributed by atoms with Crippen molar-refractivity contribution in [3.05, 3.63) is 78.6 Å². The lowest BCUT2D eigenvalue weighted by Gasteiger charge is -2.39. The molecule has 0 aliphatic carbocycles. The molecule has 0 radical (unpaired) electrons. The van der Waals surface area contributed by atoms with Gasteiger partial charge in [-0.25, -0.2) is 9.55 Å². The SMILES string of the molecule is C#C[C@]1(CO[P@](=O)(N[C@@H](Cc2ccccc2)C(=O)OCCCCCCC(F)(F)C(F)(F)C(F)(F)C(F)(F)C(F)(F)C(F)(F)F)Oc2ccccc2)O[C@@H](n2cnc3c(N)nc(F)nc32)C[C@@H]1O. The van der Waals surface area contributed by atoms with Gasteiger partial charge in [0.25, 0.3) is 0 Å². The number of nitrogens with zero attached hydrogens (tertiary/aromatic N) is 4. The van der Waals surface area contributed by atoms with Gasteiger partial charge in [-0.3, -0.25) is 13.9 Å². The number of ether oxygens (including phenoxy) is 2. The summed E-state index contributed by atoms with van der Waals surface area (Å²) in [6.07, 6.45) is -9.77. The van der Waals surface area contributed by atoms with Crippen molar-refractivity contribution in [3.63, 3.8) is 0 Å². The predicted molar refractivity (Wildman–Crippen MR) is 205 cm³/mol. The molecule has 0 saturated carbocycles. The Morgan fingerprint density at radius 2 is 1.51 bits per heavy atom. The van der Waals surface area contributed by atoms with Gasteiger partial charge in [0.2, 0.25) is 0 Å². The second-order valence-corrected chi connectivity index (χ2v) is 16.6. The number of para-hydroxylation sites is 1. The summed E-state index contributed by atoms with van der Waals surface area (Å²) in [5.74, 6) is -36.6. The standard InChI is InChI=1S/C39H37F14N6O7P/c1-2-33(26(60)20-27(65-33)59-22-55-28-29(54)56-32(40)57-30(28)59)21-64-67(62,66-24-15-9-6-10-16-24)58-25(19-23-13-7-5-8-14-23)31(61)63-18-12-4-3-11-17-34(41,42)35(43,44)36(45,46)37(47,48)38(49,50)39(51,52)53/h1,5-10,13-16,22,25-27,60H,3-4,11-12,17-21H2,(H,58,62)(H2,54,56,57)/t25-,26-,27+,33+,67+/m0/s1. The first-order valence-corrected chi connectivity index (χ1v) is 21.0. The number of aliphatic hydroxyl groups is 1. The summed E-state index contributed by atoms with van der Waals surface area (Å²) in [4.78, 5) is 24.7. The second kappa shape index (κ2) is 19.7. The number of benzene rings is 2. The Morgan fingerprint density at radius 3 is 2.12 bits per heavy atom. The fourth-order valence-electron chi connectivity index (χ4n) is 6.49. The Balaban J connectivity index is 1.25. The molecule has 1 aliphatic heterocycles. The predicted octanol–water partition coefficient (Wildman–Crippen LogP) is 8.84. The number of terminal acetylenes is 1. The first-order valence-electron chi connectivity index (χ1n) is 19.5. The van der Waals surface area contributed by atoms with E-state index in [0.717, 1.165) is 0 Å². The number of hydrogen-bond donors (Lipinski definition) is 3. The van der Waals surface area contributed by atoms with Crippen molar-refractivity contribution in [2.75, 3.05) is 18.9 Å². The minimum atomic E-state index is -8.00. The van der Waals surface area contributed by atoms with Crippen LogP contribution < -0.4 is 15.3 Å². The van der Waals surface area contributed by atoms with Crippen molar-refractivity contribution in [3.8, 4) is 18.1 Å². The fourth-order valence-corrected chi connectivity index (χ4v) is 8.01. The summed E-state index contributed by atoms with van der Waals surface area (Å²) < 4.78 is 228. The van der Waals surface area contributed by atoms with E-state index in [0.29, 0.717) is 5.56 Å². The lowest BCUT2D eigenvalue weighted by atomic mass is 9.91. The minimum Gasteiger partial charge on any atom is -0.465 e. The summed E-state index contributed by atoms with van der Waals surface area (Å²) >= 11 is 0. The maximum absolute atomic E-state index is 14.6. The molecule has 1 fully saturated rings. The van der Waals surface area contributed by atoms with Gasteiger partial charge in [-0.05, 0) is 37.0 Å². The van der Waals surface area contributed by atoms with Crippen LogP contribution in [0.1, 0.15) is 50.3 Å². The van der Waals surface area contributed by atoms with Crippen molar-refractivity contribution in [2.45, 2.75) is 105 Å². The first kappa shape index (κ1) is 52.7. The van der Waals surface area contributed by atoms with Crippen LogP contribution in [-0.2, 0) is 29.8 Å². The van der Waals surface area contributed by atoms with E-state index >= 15 is 0 Å². The number of nitrogens with one attached hydrogen (secondary N) is 1. The number of carbonyl (C=O) groups excluding carboxylic acids is 1. The third-order valence-corrected chi connectivity index (χ3v) is 11.8. The number of aromatic nitrogens is 4. The second-order valence-electron chi connectivity index (χ2n) is 14.9. The maximum atomic E-state index is 14.6. The molecule has 0 bridgehead atoms. The van der Waals surface area contributed by atoms with E-state index in [1.807, 2.05) is 0 Å². The molecule has 368 valence electrons. The number of imidazole rings is 1. The van der Waals surface area contributed by atoms with E-state index in [1.54, 1.807) is 36.4 Å². The summed E-state index contributed by atoms with van der Waals surface area (Å²) in [5, 5.41) is 13.7. The molecule has 5 rings (SSSR count). The summed E-state index contributed by atoms with van der Waals surface area (Å²) in [6.45, 7) is -1.47. The highest BCUT2D eigenvalue weighted by Crippen LogP contribution is 2.61. The number of unbranched alkanes of at least 4 members (excludes halogenated alkanes) is 3. The van der Waals surface area contributed by atoms with Crippen molar-refractivity contribution in [2.24, 2.45) is 0 Å². The van der Waals surface area contributed by atoms with Crippen molar-refractivity contribution >= 4 is 30.7 Å². The Hall–Kier alpha value is -5.29. The largest absolute Gasteiger partial charge is 0.465 e. The summed E-state index contributed by atoms with van der Waals surface area (Å²) in [7, 11) is -4.85. The zero-order valence-corrected chi connectivity index (χ0v) is 34.9. The quantitative estimate of drug-likeness (QED) is 0.0171. The average molecular weight is 999 g/mol. The summed E-state index contributed by atoms with van der Waals surface area (Å²) in [6, 6.07) is 13.6. The van der Waals surface area contributed by atoms with Gasteiger partial charge in [-0.15, -0.1) is 6.42 Å². The molecule has 2 aromatic heterocycles. The molecule has 1 aliphatic rings. The van der Waals surface area contributed by atoms with E-state index in [9.17, 15) is 75.9 Å². The molecule has 4 aromatic rings. The topological polar surface area (TPSA) is 173 Å². The number of anilines is 1. The van der Waals surface area contributed by atoms with Crippen LogP contribution in [0.2, 0.25) is 0 Å². The molecule has 0 spiro atoms. The van der Waals surface area contributed by atoms with Gasteiger partial charge < -0.3 is 24.8 Å². The molecule has 67 heavy (non-hydrogen) atoms. The van der Waals surface area contributed by atoms with Gasteiger partial charge in [0.15, 0.2) is 22.6 Å². The van der Waals surface area contributed by atoms with Crippen LogP contribution in [0.15, 0.2) is 67.0 Å². The zero-order chi connectivity index (χ0) is 49.9. The van der Waals surface area contributed by atoms with Crippen LogP contribution in [0.4, 0.5) is 67.3 Å². The monoisotopic (exact) mass is 998 g/mol. The molecule has 0 unspecified atom stereocenters. The van der Waals surface area contributed by atoms with Gasteiger partial charge in [0.1, 0.15) is 30.7 Å². The molecular weight excluding hydrogens is 961 g/mol. The molecular formula is C39H37F14N6O7P. The fraction of sp³-hybridized carbons (Fsp3) is 0.487. The van der Waals surface area contributed by atoms with Crippen LogP contribution >= 0.6 is 7.75 Å². The first-order chi connectivity index (χ1) is 31.0. The van der Waals surface area contributed by atoms with Crippen molar-refractivity contribution < 1.29 is 94.5 Å². The molecule has 1 saturated heterocycles. The minimum absolute atomic E-state index is 0.00796. The molecule has 0 amide bonds. The third-order valence-electron chi connectivity index (χ3n) is 10.2. The van der Waals surface area contributed by atoms with Gasteiger partial charge in [0.05, 0.1) is 12.9 Å². The number of fused-ring (bicyclic) bond motifs is 1. The highest BCUT2D eigenvalue weighted by atomic mass is 31.2. The van der Waals surface area contributed by atoms with E-state index in [1.165, 1.54) is 35.2 Å². The number of aliphatic hydroxyl groups excluding tert-OH is 1. The van der Waals surface area contributed by atoms with Gasteiger partial charge in [-0.2, -0.15) is 76.5 Å². The lowest BCUT2D eigenvalue weighted by Crippen LogP contribution is -2.70. The van der Waals surface area contributed by atoms with E-state index in [-0.39, 0.29) is 48.4 Å². The maximum Gasteiger partial charge on any atom is 0.460 e. The normalized spacial score (nSPS) is 20.0.